The molecule has 0 fully saturated rings. The van der Waals surface area contributed by atoms with Crippen molar-refractivity contribution in [2.24, 2.45) is 5.92 Å². The number of carbonyl (C=O) groups is 1. The lowest BCUT2D eigenvalue weighted by Gasteiger charge is -2.28. The standard InChI is InChI=1S/C21H27N3O2/c1-15(2)21(3,14-22)23-20(25)13-24(4)12-16-6-7-18-11-19(26-5)9-8-17(18)10-16/h6-11,15H,12-13H2,1-5H3,(H,23,25)/t21-/m1/s1. The van der Waals surface area contributed by atoms with Gasteiger partial charge in [-0.05, 0) is 54.4 Å². The fourth-order valence-electron chi connectivity index (χ4n) is 2.74. The average Bonchev–Trinajstić information content (AvgIpc) is 2.60. The van der Waals surface area contributed by atoms with Gasteiger partial charge in [0.05, 0.1) is 19.7 Å². The van der Waals surface area contributed by atoms with Gasteiger partial charge in [0.25, 0.3) is 0 Å². The van der Waals surface area contributed by atoms with Crippen molar-refractivity contribution in [1.29, 1.82) is 5.26 Å². The van der Waals surface area contributed by atoms with Crippen LogP contribution in [0.3, 0.4) is 0 Å². The Morgan fingerprint density at radius 1 is 1.27 bits per heavy atom. The quantitative estimate of drug-likeness (QED) is 0.829. The van der Waals surface area contributed by atoms with Gasteiger partial charge in [0.1, 0.15) is 11.3 Å². The molecule has 5 nitrogen and oxygen atoms in total. The molecule has 2 aromatic carbocycles. The molecular weight excluding hydrogens is 326 g/mol. The van der Waals surface area contributed by atoms with E-state index in [0.717, 1.165) is 22.1 Å². The first kappa shape index (κ1) is 19.7. The highest BCUT2D eigenvalue weighted by Gasteiger charge is 2.30. The Morgan fingerprint density at radius 2 is 1.92 bits per heavy atom. The topological polar surface area (TPSA) is 65.4 Å². The second-order valence-corrected chi connectivity index (χ2v) is 7.24. The molecule has 138 valence electrons. The van der Waals surface area contributed by atoms with E-state index in [-0.39, 0.29) is 18.4 Å². The van der Waals surface area contributed by atoms with Gasteiger partial charge in [-0.25, -0.2) is 0 Å². The number of rotatable bonds is 7. The molecular formula is C21H27N3O2. The van der Waals surface area contributed by atoms with Crippen molar-refractivity contribution < 1.29 is 9.53 Å². The van der Waals surface area contributed by atoms with Gasteiger partial charge < -0.3 is 10.1 Å². The minimum absolute atomic E-state index is 0.0410. The van der Waals surface area contributed by atoms with E-state index < -0.39 is 5.54 Å². The summed E-state index contributed by atoms with van der Waals surface area (Å²) in [6.07, 6.45) is 0. The summed E-state index contributed by atoms with van der Waals surface area (Å²) in [7, 11) is 3.56. The smallest absolute Gasteiger partial charge is 0.235 e. The highest BCUT2D eigenvalue weighted by Crippen LogP contribution is 2.22. The predicted octanol–water partition coefficient (Wildman–Crippen LogP) is 3.33. The van der Waals surface area contributed by atoms with Crippen molar-refractivity contribution in [3.05, 3.63) is 42.0 Å². The van der Waals surface area contributed by atoms with Crippen molar-refractivity contribution in [3.63, 3.8) is 0 Å². The first-order chi connectivity index (χ1) is 12.3. The van der Waals surface area contributed by atoms with Crippen LogP contribution < -0.4 is 10.1 Å². The van der Waals surface area contributed by atoms with Gasteiger partial charge in [-0.2, -0.15) is 5.26 Å². The van der Waals surface area contributed by atoms with Crippen molar-refractivity contribution in [3.8, 4) is 11.8 Å². The van der Waals surface area contributed by atoms with Crippen LogP contribution in [0, 0.1) is 17.2 Å². The van der Waals surface area contributed by atoms with Gasteiger partial charge >= 0.3 is 0 Å². The molecule has 0 unspecified atom stereocenters. The molecule has 0 aliphatic heterocycles. The summed E-state index contributed by atoms with van der Waals surface area (Å²) in [5.41, 5.74) is 0.282. The Balaban J connectivity index is 2.01. The fourth-order valence-corrected chi connectivity index (χ4v) is 2.74. The molecule has 0 radical (unpaired) electrons. The first-order valence-corrected chi connectivity index (χ1v) is 8.75. The molecule has 0 heterocycles. The van der Waals surface area contributed by atoms with Gasteiger partial charge in [0, 0.05) is 6.54 Å². The first-order valence-electron chi connectivity index (χ1n) is 8.75. The van der Waals surface area contributed by atoms with Crippen molar-refractivity contribution in [2.75, 3.05) is 20.7 Å². The van der Waals surface area contributed by atoms with Gasteiger partial charge in [-0.15, -0.1) is 0 Å². The van der Waals surface area contributed by atoms with Crippen LogP contribution in [0.25, 0.3) is 10.8 Å². The van der Waals surface area contributed by atoms with E-state index in [0.29, 0.717) is 6.54 Å². The van der Waals surface area contributed by atoms with Crippen molar-refractivity contribution >= 4 is 16.7 Å². The molecule has 5 heteroatoms. The lowest BCUT2D eigenvalue weighted by atomic mass is 9.90. The predicted molar refractivity (Wildman–Crippen MR) is 104 cm³/mol. The van der Waals surface area contributed by atoms with Gasteiger partial charge in [0.15, 0.2) is 0 Å². The summed E-state index contributed by atoms with van der Waals surface area (Å²) in [6, 6.07) is 14.4. The Kier molecular flexibility index (Phi) is 6.23. The molecule has 2 rings (SSSR count). The van der Waals surface area contributed by atoms with Crippen LogP contribution in [0.15, 0.2) is 36.4 Å². The fraction of sp³-hybridized carbons (Fsp3) is 0.429. The lowest BCUT2D eigenvalue weighted by Crippen LogP contribution is -2.51. The molecule has 0 aromatic heterocycles. The zero-order valence-corrected chi connectivity index (χ0v) is 16.2. The zero-order chi connectivity index (χ0) is 19.3. The van der Waals surface area contributed by atoms with Crippen LogP contribution in [0.5, 0.6) is 5.75 Å². The third-order valence-electron chi connectivity index (χ3n) is 4.76. The van der Waals surface area contributed by atoms with Gasteiger partial charge in [0.2, 0.25) is 5.91 Å². The largest absolute Gasteiger partial charge is 0.497 e. The van der Waals surface area contributed by atoms with E-state index in [4.69, 9.17) is 4.74 Å². The molecule has 2 aromatic rings. The maximum Gasteiger partial charge on any atom is 0.235 e. The normalized spacial score (nSPS) is 13.5. The molecule has 1 amide bonds. The van der Waals surface area contributed by atoms with Crippen LogP contribution in [-0.4, -0.2) is 37.0 Å². The SMILES string of the molecule is COc1ccc2cc(CN(C)CC(=O)N[C@](C)(C#N)C(C)C)ccc2c1. The van der Waals surface area contributed by atoms with Crippen LogP contribution in [-0.2, 0) is 11.3 Å². The summed E-state index contributed by atoms with van der Waals surface area (Å²) in [5, 5.41) is 14.4. The summed E-state index contributed by atoms with van der Waals surface area (Å²) in [5.74, 6) is 0.736. The second kappa shape index (κ2) is 8.20. The molecule has 0 saturated carbocycles. The van der Waals surface area contributed by atoms with Crippen molar-refractivity contribution in [1.82, 2.24) is 10.2 Å². The third-order valence-corrected chi connectivity index (χ3v) is 4.76. The number of fused-ring (bicyclic) bond motifs is 1. The number of nitriles is 1. The number of nitrogens with zero attached hydrogens (tertiary/aromatic N) is 2. The second-order valence-electron chi connectivity index (χ2n) is 7.24. The molecule has 0 saturated heterocycles. The summed E-state index contributed by atoms with van der Waals surface area (Å²) >= 11 is 0. The number of carbonyl (C=O) groups excluding carboxylic acids is 1. The summed E-state index contributed by atoms with van der Waals surface area (Å²) < 4.78 is 5.25. The summed E-state index contributed by atoms with van der Waals surface area (Å²) in [6.45, 7) is 6.51. The minimum atomic E-state index is -0.847. The molecule has 0 aliphatic carbocycles. The number of methoxy groups -OCH3 is 1. The van der Waals surface area contributed by atoms with E-state index in [2.05, 4.69) is 29.6 Å². The van der Waals surface area contributed by atoms with E-state index in [1.165, 1.54) is 0 Å². The average molecular weight is 353 g/mol. The zero-order valence-electron chi connectivity index (χ0n) is 16.2. The van der Waals surface area contributed by atoms with E-state index in [9.17, 15) is 10.1 Å². The Hall–Kier alpha value is -2.58. The number of hydrogen-bond donors (Lipinski definition) is 1. The van der Waals surface area contributed by atoms with E-state index in [1.807, 2.05) is 44.0 Å². The summed E-state index contributed by atoms with van der Waals surface area (Å²) in [4.78, 5) is 14.2. The molecule has 1 atom stereocenters. The molecule has 1 N–H and O–H groups in total. The Labute approximate surface area is 155 Å². The molecule has 0 bridgehead atoms. The van der Waals surface area contributed by atoms with Crippen LogP contribution in [0.4, 0.5) is 0 Å². The number of amides is 1. The number of hydrogen-bond acceptors (Lipinski definition) is 4. The molecule has 0 aliphatic rings. The molecule has 26 heavy (non-hydrogen) atoms. The Morgan fingerprint density at radius 3 is 2.54 bits per heavy atom. The van der Waals surface area contributed by atoms with Crippen LogP contribution in [0.1, 0.15) is 26.3 Å². The van der Waals surface area contributed by atoms with E-state index >= 15 is 0 Å². The maximum atomic E-state index is 12.3. The van der Waals surface area contributed by atoms with E-state index in [1.54, 1.807) is 14.0 Å². The number of ether oxygens (including phenoxy) is 1. The molecule has 0 spiro atoms. The van der Waals surface area contributed by atoms with Crippen LogP contribution >= 0.6 is 0 Å². The number of nitrogens with one attached hydrogen (secondary N) is 1. The maximum absolute atomic E-state index is 12.3. The highest BCUT2D eigenvalue weighted by atomic mass is 16.5. The minimum Gasteiger partial charge on any atom is -0.497 e. The number of benzene rings is 2. The number of likely N-dealkylation sites (N-methyl/N-ethyl adjacent to an activating group) is 1. The van der Waals surface area contributed by atoms with Crippen molar-refractivity contribution in [2.45, 2.75) is 32.9 Å². The lowest BCUT2D eigenvalue weighted by molar-refractivity contribution is -0.123. The van der Waals surface area contributed by atoms with Gasteiger partial charge in [-0.1, -0.05) is 32.0 Å². The highest BCUT2D eigenvalue weighted by molar-refractivity contribution is 5.84. The third kappa shape index (κ3) is 4.74. The monoisotopic (exact) mass is 353 g/mol. The Bertz CT molecular complexity index is 826. The van der Waals surface area contributed by atoms with Gasteiger partial charge in [-0.3, -0.25) is 9.69 Å². The van der Waals surface area contributed by atoms with Crippen LogP contribution in [0.2, 0.25) is 0 Å².